The van der Waals surface area contributed by atoms with E-state index in [0.29, 0.717) is 5.95 Å². The minimum Gasteiger partial charge on any atom is -0.362 e. The second-order valence-corrected chi connectivity index (χ2v) is 6.26. The normalized spacial score (nSPS) is 11.0. The molecule has 0 atom stereocenters. The van der Waals surface area contributed by atoms with Crippen LogP contribution in [0.25, 0.3) is 10.2 Å². The third kappa shape index (κ3) is 2.59. The Kier molecular flexibility index (Phi) is 3.66. The maximum atomic E-state index is 4.55. The predicted molar refractivity (Wildman–Crippen MR) is 91.3 cm³/mol. The van der Waals surface area contributed by atoms with Crippen LogP contribution < -0.4 is 10.2 Å². The lowest BCUT2D eigenvalue weighted by molar-refractivity contribution is 1.02. The number of pyridine rings is 1. The summed E-state index contributed by atoms with van der Waals surface area (Å²) >= 11 is 1.39. The van der Waals surface area contributed by atoms with Gasteiger partial charge < -0.3 is 10.2 Å². The van der Waals surface area contributed by atoms with Crippen molar-refractivity contribution in [2.24, 2.45) is 0 Å². The van der Waals surface area contributed by atoms with Gasteiger partial charge in [0, 0.05) is 31.5 Å². The largest absolute Gasteiger partial charge is 0.362 e. The summed E-state index contributed by atoms with van der Waals surface area (Å²) in [5, 5.41) is 4.25. The van der Waals surface area contributed by atoms with E-state index >= 15 is 0 Å². The summed E-state index contributed by atoms with van der Waals surface area (Å²) in [6, 6.07) is 2.06. The Balaban J connectivity index is 2.02. The summed E-state index contributed by atoms with van der Waals surface area (Å²) in [6.45, 7) is 6.05. The van der Waals surface area contributed by atoms with Gasteiger partial charge in [0.05, 0.1) is 5.39 Å². The number of fused-ring (bicyclic) bond motifs is 1. The lowest BCUT2D eigenvalue weighted by Gasteiger charge is -2.14. The molecular formula is C15H18N6S. The van der Waals surface area contributed by atoms with E-state index in [1.54, 1.807) is 0 Å². The molecule has 0 saturated heterocycles. The summed E-state index contributed by atoms with van der Waals surface area (Å²) < 4.78 is 4.46. The van der Waals surface area contributed by atoms with Crippen molar-refractivity contribution in [1.29, 1.82) is 0 Å². The highest BCUT2D eigenvalue weighted by atomic mass is 32.1. The lowest BCUT2D eigenvalue weighted by atomic mass is 10.2. The van der Waals surface area contributed by atoms with E-state index in [4.69, 9.17) is 0 Å². The SMILES string of the molecule is Cc1cc(C)c2c(Nc3ncc(C)c(N(C)C)n3)nsc2n1. The molecule has 1 N–H and O–H groups in total. The van der Waals surface area contributed by atoms with Gasteiger partial charge in [-0.1, -0.05) is 0 Å². The molecule has 0 saturated carbocycles. The molecule has 0 aliphatic carbocycles. The van der Waals surface area contributed by atoms with E-state index in [9.17, 15) is 0 Å². The van der Waals surface area contributed by atoms with Crippen molar-refractivity contribution in [3.63, 3.8) is 0 Å². The van der Waals surface area contributed by atoms with Crippen LogP contribution in [-0.2, 0) is 0 Å². The fraction of sp³-hybridized carbons (Fsp3) is 0.333. The quantitative estimate of drug-likeness (QED) is 0.800. The van der Waals surface area contributed by atoms with Crippen LogP contribution in [0.2, 0.25) is 0 Å². The van der Waals surface area contributed by atoms with Gasteiger partial charge in [-0.05, 0) is 43.9 Å². The highest BCUT2D eigenvalue weighted by Crippen LogP contribution is 2.30. The average molecular weight is 314 g/mol. The molecule has 0 spiro atoms. The fourth-order valence-corrected chi connectivity index (χ4v) is 3.28. The molecule has 3 rings (SSSR count). The minimum atomic E-state index is 0.543. The zero-order valence-electron chi connectivity index (χ0n) is 13.3. The molecule has 0 aliphatic rings. The third-order valence-corrected chi connectivity index (χ3v) is 4.11. The summed E-state index contributed by atoms with van der Waals surface area (Å²) in [6.07, 6.45) is 1.81. The third-order valence-electron chi connectivity index (χ3n) is 3.37. The molecule has 3 aromatic rings. The number of hydrogen-bond donors (Lipinski definition) is 1. The topological polar surface area (TPSA) is 66.8 Å². The molecule has 0 amide bonds. The van der Waals surface area contributed by atoms with Crippen LogP contribution in [0, 0.1) is 20.8 Å². The second kappa shape index (κ2) is 5.49. The maximum absolute atomic E-state index is 4.55. The first-order valence-corrected chi connectivity index (χ1v) is 7.74. The molecule has 0 fully saturated rings. The zero-order chi connectivity index (χ0) is 15.9. The fourth-order valence-electron chi connectivity index (χ4n) is 2.43. The molecule has 114 valence electrons. The van der Waals surface area contributed by atoms with Gasteiger partial charge in [-0.3, -0.25) is 0 Å². The van der Waals surface area contributed by atoms with Gasteiger partial charge in [0.1, 0.15) is 10.6 Å². The molecule has 3 aromatic heterocycles. The van der Waals surface area contributed by atoms with E-state index in [1.165, 1.54) is 11.5 Å². The van der Waals surface area contributed by atoms with Crippen LogP contribution in [0.3, 0.4) is 0 Å². The van der Waals surface area contributed by atoms with E-state index in [1.807, 2.05) is 39.0 Å². The Hall–Kier alpha value is -2.28. The van der Waals surface area contributed by atoms with Crippen molar-refractivity contribution in [3.8, 4) is 0 Å². The van der Waals surface area contributed by atoms with Crippen LogP contribution in [0.5, 0.6) is 0 Å². The molecule has 3 heterocycles. The van der Waals surface area contributed by atoms with Gasteiger partial charge in [-0.25, -0.2) is 9.97 Å². The number of anilines is 3. The number of rotatable bonds is 3. The summed E-state index contributed by atoms with van der Waals surface area (Å²) in [5.74, 6) is 2.20. The van der Waals surface area contributed by atoms with E-state index in [0.717, 1.165) is 38.7 Å². The lowest BCUT2D eigenvalue weighted by Crippen LogP contribution is -2.13. The predicted octanol–water partition coefficient (Wildman–Crippen LogP) is 3.22. The molecule has 6 nitrogen and oxygen atoms in total. The van der Waals surface area contributed by atoms with Crippen LogP contribution >= 0.6 is 11.5 Å². The first kappa shape index (κ1) is 14.6. The van der Waals surface area contributed by atoms with Crippen molar-refractivity contribution in [2.75, 3.05) is 24.3 Å². The zero-order valence-corrected chi connectivity index (χ0v) is 14.1. The molecular weight excluding hydrogens is 296 g/mol. The maximum Gasteiger partial charge on any atom is 0.230 e. The monoisotopic (exact) mass is 314 g/mol. The highest BCUT2D eigenvalue weighted by molar-refractivity contribution is 7.13. The van der Waals surface area contributed by atoms with Gasteiger partial charge >= 0.3 is 0 Å². The van der Waals surface area contributed by atoms with Crippen molar-refractivity contribution in [2.45, 2.75) is 20.8 Å². The average Bonchev–Trinajstić information content (AvgIpc) is 2.83. The Morgan fingerprint density at radius 2 is 1.86 bits per heavy atom. The van der Waals surface area contributed by atoms with Gasteiger partial charge in [-0.2, -0.15) is 9.36 Å². The molecule has 0 unspecified atom stereocenters. The molecule has 7 heteroatoms. The standard InChI is InChI=1S/C15H18N6S/c1-8-6-10(3)17-14-11(8)12(20-22-14)18-15-16-7-9(2)13(19-15)21(4)5/h6-7H,1-5H3,(H,16,18,19,20). The Labute approximate surface area is 133 Å². The first-order valence-electron chi connectivity index (χ1n) is 6.97. The Morgan fingerprint density at radius 1 is 1.09 bits per heavy atom. The summed E-state index contributed by atoms with van der Waals surface area (Å²) in [7, 11) is 3.93. The molecule has 0 aromatic carbocycles. The van der Waals surface area contributed by atoms with Gasteiger partial charge in [0.25, 0.3) is 0 Å². The molecule has 22 heavy (non-hydrogen) atoms. The summed E-state index contributed by atoms with van der Waals surface area (Å²) in [4.78, 5) is 16.3. The van der Waals surface area contributed by atoms with Crippen LogP contribution in [0.4, 0.5) is 17.6 Å². The molecule has 0 bridgehead atoms. The van der Waals surface area contributed by atoms with Crippen molar-refractivity contribution in [3.05, 3.63) is 29.1 Å². The highest BCUT2D eigenvalue weighted by Gasteiger charge is 2.13. The Morgan fingerprint density at radius 3 is 2.59 bits per heavy atom. The number of aryl methyl sites for hydroxylation is 3. The molecule has 0 radical (unpaired) electrons. The smallest absolute Gasteiger partial charge is 0.230 e. The second-order valence-electron chi connectivity index (χ2n) is 5.51. The van der Waals surface area contributed by atoms with Crippen LogP contribution in [0.15, 0.2) is 12.3 Å². The number of aromatic nitrogens is 4. The van der Waals surface area contributed by atoms with Crippen LogP contribution in [0.1, 0.15) is 16.8 Å². The van der Waals surface area contributed by atoms with Gasteiger partial charge in [-0.15, -0.1) is 0 Å². The van der Waals surface area contributed by atoms with Crippen LogP contribution in [-0.4, -0.2) is 33.4 Å². The Bertz CT molecular complexity index is 839. The minimum absolute atomic E-state index is 0.543. The van der Waals surface area contributed by atoms with Crippen molar-refractivity contribution < 1.29 is 0 Å². The van der Waals surface area contributed by atoms with E-state index in [2.05, 4.69) is 37.6 Å². The number of nitrogens with zero attached hydrogens (tertiary/aromatic N) is 5. The molecule has 0 aliphatic heterocycles. The van der Waals surface area contributed by atoms with Crippen molar-refractivity contribution in [1.82, 2.24) is 19.3 Å². The van der Waals surface area contributed by atoms with Crippen molar-refractivity contribution >= 4 is 39.3 Å². The number of nitrogens with one attached hydrogen (secondary N) is 1. The first-order chi connectivity index (χ1) is 10.5. The van der Waals surface area contributed by atoms with E-state index < -0.39 is 0 Å². The van der Waals surface area contributed by atoms with Gasteiger partial charge in [0.2, 0.25) is 5.95 Å². The van der Waals surface area contributed by atoms with E-state index in [-0.39, 0.29) is 0 Å². The number of hydrogen-bond acceptors (Lipinski definition) is 7. The van der Waals surface area contributed by atoms with Gasteiger partial charge in [0.15, 0.2) is 5.82 Å². The summed E-state index contributed by atoms with van der Waals surface area (Å²) in [5.41, 5.74) is 3.19.